The number of hydrogen-bond donors (Lipinski definition) is 0. The molecular formula is C24H40N4O8. The molecule has 0 heterocycles. The van der Waals surface area contributed by atoms with Gasteiger partial charge in [-0.2, -0.15) is 0 Å². The smallest absolute Gasteiger partial charge is 0.443 e. The number of ether oxygens (including phenoxy) is 2. The van der Waals surface area contributed by atoms with Crippen molar-refractivity contribution in [3.63, 3.8) is 0 Å². The van der Waals surface area contributed by atoms with Gasteiger partial charge in [-0.3, -0.25) is 0 Å². The lowest BCUT2D eigenvalue weighted by atomic mass is 10.1. The van der Waals surface area contributed by atoms with Gasteiger partial charge >= 0.3 is 24.1 Å². The fraction of sp³-hybridized carbons (Fsp3) is 0.750. The van der Waals surface area contributed by atoms with Crippen LogP contribution in [0.15, 0.2) is 12.2 Å². The summed E-state index contributed by atoms with van der Waals surface area (Å²) in [6.45, 7) is 0.412. The molecule has 12 heteroatoms. The molecule has 2 aliphatic rings. The Bertz CT molecular complexity index is 755. The van der Waals surface area contributed by atoms with Crippen molar-refractivity contribution in [1.82, 2.24) is 19.9 Å². The van der Waals surface area contributed by atoms with Crippen molar-refractivity contribution in [2.24, 2.45) is 0 Å². The van der Waals surface area contributed by atoms with Gasteiger partial charge in [-0.25, -0.2) is 19.2 Å². The van der Waals surface area contributed by atoms with Gasteiger partial charge in [0.2, 0.25) is 0 Å². The number of rotatable bonds is 12. The fourth-order valence-electron chi connectivity index (χ4n) is 3.97. The maximum Gasteiger partial charge on any atom is 0.443 e. The zero-order valence-corrected chi connectivity index (χ0v) is 22.3. The van der Waals surface area contributed by atoms with Crippen LogP contribution in [0.1, 0.15) is 51.4 Å². The molecule has 36 heavy (non-hydrogen) atoms. The third-order valence-corrected chi connectivity index (χ3v) is 6.90. The Hall–Kier alpha value is -2.86. The lowest BCUT2D eigenvalue weighted by Crippen LogP contribution is -2.32. The Kier molecular flexibility index (Phi) is 10.5. The van der Waals surface area contributed by atoms with Crippen molar-refractivity contribution in [1.29, 1.82) is 0 Å². The van der Waals surface area contributed by atoms with E-state index >= 15 is 0 Å². The van der Waals surface area contributed by atoms with Crippen LogP contribution in [-0.4, -0.2) is 111 Å². The van der Waals surface area contributed by atoms with E-state index in [1.54, 1.807) is 0 Å². The van der Waals surface area contributed by atoms with Gasteiger partial charge in [0.1, 0.15) is 0 Å². The molecule has 2 saturated carbocycles. The average Bonchev–Trinajstić information content (AvgIpc) is 3.73. The van der Waals surface area contributed by atoms with Crippen LogP contribution in [-0.2, 0) is 28.7 Å². The molecule has 0 bridgehead atoms. The molecule has 0 atom stereocenters. The monoisotopic (exact) mass is 512 g/mol. The molecular weight excluding hydrogens is 472 g/mol. The first kappa shape index (κ1) is 29.4. The van der Waals surface area contributed by atoms with Crippen molar-refractivity contribution in [3.8, 4) is 0 Å². The van der Waals surface area contributed by atoms with Gasteiger partial charge in [0.25, 0.3) is 0 Å². The van der Waals surface area contributed by atoms with Crippen LogP contribution in [0.5, 0.6) is 0 Å². The highest BCUT2D eigenvalue weighted by Crippen LogP contribution is 2.44. The van der Waals surface area contributed by atoms with Crippen molar-refractivity contribution in [3.05, 3.63) is 12.2 Å². The molecule has 2 rings (SSSR count). The molecule has 0 aliphatic heterocycles. The minimum absolute atomic E-state index is 0.206. The molecule has 204 valence electrons. The van der Waals surface area contributed by atoms with Crippen LogP contribution in [0.3, 0.4) is 0 Å². The second-order valence-electron chi connectivity index (χ2n) is 9.82. The minimum atomic E-state index is -0.990. The standard InChI is InChI=1S/C24H40N4O8/c1-25(2)23(13-14-23)11-7-17-33-21(31)27(5)35-19(29)9-10-20(30)36-28(6)22(32)34-18-8-12-24(15-16-24)26(3)4/h9-10H,7-8,11-18H2,1-6H3/b10-9+. The minimum Gasteiger partial charge on any atom is -0.447 e. The molecule has 0 spiro atoms. The Morgan fingerprint density at radius 1 is 0.639 bits per heavy atom. The molecule has 12 nitrogen and oxygen atoms in total. The van der Waals surface area contributed by atoms with Gasteiger partial charge in [-0.1, -0.05) is 0 Å². The molecule has 0 unspecified atom stereocenters. The zero-order chi connectivity index (χ0) is 26.9. The summed E-state index contributed by atoms with van der Waals surface area (Å²) < 4.78 is 10.2. The normalized spacial score (nSPS) is 17.0. The second-order valence-corrected chi connectivity index (χ2v) is 9.82. The predicted octanol–water partition coefficient (Wildman–Crippen LogP) is 2.34. The van der Waals surface area contributed by atoms with E-state index in [9.17, 15) is 19.2 Å². The molecule has 2 amide bonds. The number of hydroxylamine groups is 4. The number of nitrogens with zero attached hydrogens (tertiary/aromatic N) is 4. The Morgan fingerprint density at radius 3 is 1.25 bits per heavy atom. The molecule has 0 saturated heterocycles. The Labute approximate surface area is 212 Å². The average molecular weight is 513 g/mol. The number of carbonyl (C=O) groups excluding carboxylic acids is 4. The molecule has 0 N–H and O–H groups in total. The summed E-state index contributed by atoms with van der Waals surface area (Å²) in [7, 11) is 10.6. The molecule has 0 aromatic heterocycles. The summed E-state index contributed by atoms with van der Waals surface area (Å²) in [4.78, 5) is 61.6. The highest BCUT2D eigenvalue weighted by molar-refractivity contribution is 5.92. The van der Waals surface area contributed by atoms with E-state index in [1.165, 1.54) is 14.1 Å². The van der Waals surface area contributed by atoms with Gasteiger partial charge in [0.05, 0.1) is 27.3 Å². The summed E-state index contributed by atoms with van der Waals surface area (Å²) in [5.74, 6) is -1.98. The van der Waals surface area contributed by atoms with Crippen LogP contribution >= 0.6 is 0 Å². The molecule has 2 fully saturated rings. The quantitative estimate of drug-likeness (QED) is 0.219. The summed E-state index contributed by atoms with van der Waals surface area (Å²) in [5, 5.41) is 1.28. The maximum atomic E-state index is 12.0. The molecule has 0 aromatic rings. The van der Waals surface area contributed by atoms with Gasteiger partial charge in [-0.15, -0.1) is 10.1 Å². The second kappa shape index (κ2) is 12.9. The summed E-state index contributed by atoms with van der Waals surface area (Å²) in [5.41, 5.74) is 0.417. The first-order valence-corrected chi connectivity index (χ1v) is 12.2. The number of amides is 2. The SMILES string of the molecule is CN(OC(=O)/C=C/C(=O)ON(C)C(=O)OCCCC1(N(C)C)CC1)C(=O)OCCCC1(N(C)C)CC1. The lowest BCUT2D eigenvalue weighted by molar-refractivity contribution is -0.172. The Balaban J connectivity index is 1.59. The van der Waals surface area contributed by atoms with E-state index < -0.39 is 24.1 Å². The van der Waals surface area contributed by atoms with Gasteiger partial charge in [0.15, 0.2) is 0 Å². The van der Waals surface area contributed by atoms with Gasteiger partial charge < -0.3 is 28.9 Å². The Morgan fingerprint density at radius 2 is 0.972 bits per heavy atom. The summed E-state index contributed by atoms with van der Waals surface area (Å²) in [6.07, 6.45) is 7.67. The van der Waals surface area contributed by atoms with Crippen LogP contribution in [0.25, 0.3) is 0 Å². The van der Waals surface area contributed by atoms with Crippen molar-refractivity contribution in [2.45, 2.75) is 62.4 Å². The predicted molar refractivity (Wildman–Crippen MR) is 129 cm³/mol. The van der Waals surface area contributed by atoms with Crippen LogP contribution in [0.4, 0.5) is 9.59 Å². The van der Waals surface area contributed by atoms with Crippen LogP contribution in [0, 0.1) is 0 Å². The van der Waals surface area contributed by atoms with Crippen molar-refractivity contribution >= 4 is 24.1 Å². The van der Waals surface area contributed by atoms with Gasteiger partial charge in [0, 0.05) is 23.2 Å². The van der Waals surface area contributed by atoms with E-state index in [1.807, 2.05) is 28.2 Å². The summed E-state index contributed by atoms with van der Waals surface area (Å²) in [6, 6.07) is 0. The van der Waals surface area contributed by atoms with E-state index in [2.05, 4.69) is 9.80 Å². The van der Waals surface area contributed by atoms with E-state index in [0.29, 0.717) is 23.0 Å². The van der Waals surface area contributed by atoms with E-state index in [-0.39, 0.29) is 24.3 Å². The van der Waals surface area contributed by atoms with Crippen LogP contribution < -0.4 is 0 Å². The summed E-state index contributed by atoms with van der Waals surface area (Å²) >= 11 is 0. The van der Waals surface area contributed by atoms with E-state index in [0.717, 1.165) is 50.7 Å². The van der Waals surface area contributed by atoms with E-state index in [4.69, 9.17) is 19.1 Å². The van der Waals surface area contributed by atoms with Crippen LogP contribution in [0.2, 0.25) is 0 Å². The third kappa shape index (κ3) is 8.98. The molecule has 2 aliphatic carbocycles. The first-order valence-electron chi connectivity index (χ1n) is 12.2. The zero-order valence-electron chi connectivity index (χ0n) is 22.3. The topological polar surface area (TPSA) is 118 Å². The number of carbonyl (C=O) groups is 4. The van der Waals surface area contributed by atoms with Crippen molar-refractivity contribution < 1.29 is 38.3 Å². The first-order chi connectivity index (χ1) is 16.9. The highest BCUT2D eigenvalue weighted by atomic mass is 16.8. The lowest BCUT2D eigenvalue weighted by Gasteiger charge is -2.23. The highest BCUT2D eigenvalue weighted by Gasteiger charge is 2.44. The van der Waals surface area contributed by atoms with Gasteiger partial charge in [-0.05, 0) is 79.6 Å². The maximum absolute atomic E-state index is 12.0. The number of hydrogen-bond acceptors (Lipinski definition) is 10. The van der Waals surface area contributed by atoms with Crippen molar-refractivity contribution in [2.75, 3.05) is 55.5 Å². The molecule has 0 radical (unpaired) electrons. The molecule has 0 aromatic carbocycles. The largest absolute Gasteiger partial charge is 0.447 e. The fourth-order valence-corrected chi connectivity index (χ4v) is 3.97. The third-order valence-electron chi connectivity index (χ3n) is 6.90.